The Labute approximate surface area is 403 Å². The number of nitrogens with zero attached hydrogens (tertiary/aromatic N) is 7. The van der Waals surface area contributed by atoms with E-state index in [2.05, 4.69) is 54.0 Å². The maximum atomic E-state index is 17.2. The van der Waals surface area contributed by atoms with Gasteiger partial charge >= 0.3 is 0 Å². The highest BCUT2D eigenvalue weighted by atomic mass is 19.1. The van der Waals surface area contributed by atoms with E-state index in [0.29, 0.717) is 36.2 Å². The Kier molecular flexibility index (Phi) is 12.0. The number of hydrogen-bond acceptors (Lipinski definition) is 10. The summed E-state index contributed by atoms with van der Waals surface area (Å²) in [5.41, 5.74) is 6.79. The smallest absolute Gasteiger partial charge is 0.276 e. The molecule has 10 rings (SSSR count). The van der Waals surface area contributed by atoms with Crippen LogP contribution in [0.15, 0.2) is 91.1 Å². The van der Waals surface area contributed by atoms with Crippen LogP contribution in [0.4, 0.5) is 27.1 Å². The van der Waals surface area contributed by atoms with Crippen LogP contribution in [0.1, 0.15) is 71.6 Å². The van der Waals surface area contributed by atoms with Crippen LogP contribution in [0.25, 0.3) is 33.2 Å². The molecule has 1 atom stereocenters. The third kappa shape index (κ3) is 8.22. The maximum absolute atomic E-state index is 17.2. The molecular weight excluding hydrogens is 892 g/mol. The standard InChI is InChI=1S/C53H53FN10O6/c1-53(2)46-32(7-5-8-41(46)64(52(53)70)42-18-19-43(65)58-50(42)68)21-24-61-25-27-62(28-26-61)34-12-10-31(11-13-34)38-30-35(63-23-6-9-44(63)66)14-15-36(38)37-16-17-40-45(47(37)54)48(59-60(40)4)51(69)57-33-20-22-56-39(29-33)49(67)55-3/h5,7-8,10-17,20,22,29-30,42H,6,9,18-19,21,23-28H2,1-4H3,(H,55,67)(H,56,57,69)(H,58,65,68). The Morgan fingerprint density at radius 1 is 0.843 bits per heavy atom. The van der Waals surface area contributed by atoms with Crippen molar-refractivity contribution in [1.82, 2.24) is 30.3 Å². The van der Waals surface area contributed by atoms with Gasteiger partial charge in [-0.15, -0.1) is 0 Å². The zero-order chi connectivity index (χ0) is 49.0. The second-order valence-corrected chi connectivity index (χ2v) is 18.8. The highest BCUT2D eigenvalue weighted by Crippen LogP contribution is 2.46. The van der Waals surface area contributed by atoms with E-state index in [1.54, 1.807) is 29.0 Å². The van der Waals surface area contributed by atoms with E-state index < -0.39 is 35.0 Å². The van der Waals surface area contributed by atoms with Crippen molar-refractivity contribution in [3.05, 3.63) is 119 Å². The predicted molar refractivity (Wildman–Crippen MR) is 264 cm³/mol. The van der Waals surface area contributed by atoms with Crippen molar-refractivity contribution in [2.24, 2.45) is 7.05 Å². The zero-order valence-corrected chi connectivity index (χ0v) is 39.5. The number of hydrogen-bond donors (Lipinski definition) is 3. The molecule has 0 aliphatic carbocycles. The van der Waals surface area contributed by atoms with Crippen molar-refractivity contribution in [3.63, 3.8) is 0 Å². The monoisotopic (exact) mass is 944 g/mol. The van der Waals surface area contributed by atoms with Gasteiger partial charge in [0.05, 0.1) is 16.3 Å². The van der Waals surface area contributed by atoms with E-state index in [-0.39, 0.29) is 46.5 Å². The first kappa shape index (κ1) is 46.0. The van der Waals surface area contributed by atoms with Gasteiger partial charge in [-0.1, -0.05) is 30.3 Å². The molecule has 0 radical (unpaired) electrons. The number of piperidine rings is 1. The molecule has 3 N–H and O–H groups in total. The molecule has 17 heteroatoms. The molecule has 6 heterocycles. The number of amides is 6. The number of carbonyl (C=O) groups is 6. The van der Waals surface area contributed by atoms with Gasteiger partial charge in [0, 0.05) is 101 Å². The molecule has 16 nitrogen and oxygen atoms in total. The first-order valence-corrected chi connectivity index (χ1v) is 23.7. The number of aromatic nitrogens is 3. The van der Waals surface area contributed by atoms with E-state index in [1.165, 1.54) is 30.1 Å². The number of pyridine rings is 1. The lowest BCUT2D eigenvalue weighted by Crippen LogP contribution is -2.55. The number of halogens is 1. The van der Waals surface area contributed by atoms with Crippen LogP contribution in [0, 0.1) is 5.82 Å². The maximum Gasteiger partial charge on any atom is 0.276 e. The van der Waals surface area contributed by atoms with Gasteiger partial charge in [0.2, 0.25) is 23.6 Å². The Morgan fingerprint density at radius 2 is 1.60 bits per heavy atom. The lowest BCUT2D eigenvalue weighted by atomic mass is 9.82. The van der Waals surface area contributed by atoms with Gasteiger partial charge in [-0.3, -0.25) is 53.5 Å². The van der Waals surface area contributed by atoms with Crippen LogP contribution in [0.5, 0.6) is 0 Å². The van der Waals surface area contributed by atoms with Crippen LogP contribution in [0.3, 0.4) is 0 Å². The van der Waals surface area contributed by atoms with Crippen LogP contribution >= 0.6 is 0 Å². The van der Waals surface area contributed by atoms with E-state index >= 15 is 4.39 Å². The summed E-state index contributed by atoms with van der Waals surface area (Å²) >= 11 is 0. The molecule has 358 valence electrons. The number of rotatable bonds is 11. The molecule has 0 saturated carbocycles. The van der Waals surface area contributed by atoms with Gasteiger partial charge in [-0.05, 0) is 116 Å². The average Bonchev–Trinajstić information content (AvgIpc) is 4.01. The van der Waals surface area contributed by atoms with Crippen molar-refractivity contribution in [2.75, 3.05) is 66.3 Å². The normalized spacial score (nSPS) is 18.1. The van der Waals surface area contributed by atoms with Crippen molar-refractivity contribution in [1.29, 1.82) is 0 Å². The summed E-state index contributed by atoms with van der Waals surface area (Å²) in [5.74, 6) is -2.55. The number of anilines is 4. The van der Waals surface area contributed by atoms with Crippen molar-refractivity contribution < 1.29 is 33.2 Å². The summed E-state index contributed by atoms with van der Waals surface area (Å²) in [7, 11) is 3.12. The first-order chi connectivity index (χ1) is 33.7. The molecule has 1 unspecified atom stereocenters. The number of fused-ring (bicyclic) bond motifs is 2. The first-order valence-electron chi connectivity index (χ1n) is 23.7. The molecule has 0 bridgehead atoms. The second-order valence-electron chi connectivity index (χ2n) is 18.8. The molecule has 6 amide bonds. The third-order valence-electron chi connectivity index (χ3n) is 14.2. The molecule has 4 aliphatic heterocycles. The highest BCUT2D eigenvalue weighted by Gasteiger charge is 2.50. The molecule has 0 spiro atoms. The van der Waals surface area contributed by atoms with Crippen LogP contribution in [-0.4, -0.2) is 107 Å². The van der Waals surface area contributed by atoms with Crippen molar-refractivity contribution in [3.8, 4) is 22.3 Å². The summed E-state index contributed by atoms with van der Waals surface area (Å²) in [4.78, 5) is 89.8. The topological polar surface area (TPSA) is 182 Å². The number of imide groups is 1. The van der Waals surface area contributed by atoms with Gasteiger partial charge in [0.15, 0.2) is 5.69 Å². The fourth-order valence-corrected chi connectivity index (χ4v) is 10.6. The highest BCUT2D eigenvalue weighted by molar-refractivity contribution is 6.14. The minimum absolute atomic E-state index is 0.0338. The van der Waals surface area contributed by atoms with Crippen LogP contribution < -0.4 is 30.7 Å². The number of aryl methyl sites for hydroxylation is 1. The van der Waals surface area contributed by atoms with Crippen LogP contribution in [-0.2, 0) is 38.1 Å². The van der Waals surface area contributed by atoms with Crippen molar-refractivity contribution in [2.45, 2.75) is 57.4 Å². The molecule has 4 aromatic carbocycles. The minimum atomic E-state index is -0.821. The van der Waals surface area contributed by atoms with Gasteiger partial charge in [0.1, 0.15) is 17.6 Å². The van der Waals surface area contributed by atoms with E-state index in [1.807, 2.05) is 56.3 Å². The molecule has 2 aromatic heterocycles. The zero-order valence-electron chi connectivity index (χ0n) is 39.5. The Hall–Kier alpha value is -7.79. The summed E-state index contributed by atoms with van der Waals surface area (Å²) in [6.45, 7) is 8.45. The molecular formula is C53H53FN10O6. The average molecular weight is 945 g/mol. The van der Waals surface area contributed by atoms with E-state index in [9.17, 15) is 28.8 Å². The molecule has 3 fully saturated rings. The Bertz CT molecular complexity index is 3140. The van der Waals surface area contributed by atoms with Gasteiger partial charge in [-0.2, -0.15) is 5.10 Å². The summed E-state index contributed by atoms with van der Waals surface area (Å²) < 4.78 is 18.7. The number of carbonyl (C=O) groups excluding carboxylic acids is 6. The SMILES string of the molecule is CNC(=O)c1cc(NC(=O)c2nn(C)c3ccc(-c4ccc(N5CCCC5=O)cc4-c4ccc(N5CCN(CCc6cccc7c6C(C)(C)C(=O)N7C6CCC(=O)NC6=O)CC5)cc4)c(F)c23)ccn1. The van der Waals surface area contributed by atoms with Gasteiger partial charge < -0.3 is 20.4 Å². The third-order valence-corrected chi connectivity index (χ3v) is 14.2. The molecule has 4 aliphatic rings. The second kappa shape index (κ2) is 18.3. The lowest BCUT2D eigenvalue weighted by Gasteiger charge is -2.36. The molecule has 3 saturated heterocycles. The quantitative estimate of drug-likeness (QED) is 0.131. The predicted octanol–water partition coefficient (Wildman–Crippen LogP) is 5.97. The Morgan fingerprint density at radius 3 is 2.33 bits per heavy atom. The number of piperazine rings is 1. The number of nitrogens with one attached hydrogen (secondary N) is 3. The largest absolute Gasteiger partial charge is 0.369 e. The van der Waals surface area contributed by atoms with Gasteiger partial charge in [-0.25, -0.2) is 4.39 Å². The lowest BCUT2D eigenvalue weighted by molar-refractivity contribution is -0.136. The molecule has 70 heavy (non-hydrogen) atoms. The van der Waals surface area contributed by atoms with E-state index in [4.69, 9.17) is 0 Å². The van der Waals surface area contributed by atoms with Gasteiger partial charge in [0.25, 0.3) is 11.8 Å². The number of benzene rings is 4. The summed E-state index contributed by atoms with van der Waals surface area (Å²) in [6, 6.07) is 25.4. The fourth-order valence-electron chi connectivity index (χ4n) is 10.6. The minimum Gasteiger partial charge on any atom is -0.369 e. The molecule has 6 aromatic rings. The fraction of sp³-hybridized carbons (Fsp3) is 0.321. The van der Waals surface area contributed by atoms with Crippen molar-refractivity contribution >= 4 is 69.1 Å². The summed E-state index contributed by atoms with van der Waals surface area (Å²) in [6.07, 6.45) is 3.84. The summed E-state index contributed by atoms with van der Waals surface area (Å²) in [5, 5.41) is 12.1. The van der Waals surface area contributed by atoms with Crippen LogP contribution in [0.2, 0.25) is 0 Å². The Balaban J connectivity index is 0.875. The van der Waals surface area contributed by atoms with E-state index in [0.717, 1.165) is 84.9 Å².